The molecule has 2 aromatic heterocycles. The third kappa shape index (κ3) is 3.15. The molecule has 0 aromatic carbocycles. The van der Waals surface area contributed by atoms with Gasteiger partial charge >= 0.3 is 0 Å². The molecular formula is C15H23N5. The Labute approximate surface area is 120 Å². The molecule has 0 aliphatic heterocycles. The molecule has 1 N–H and O–H groups in total. The van der Waals surface area contributed by atoms with Crippen LogP contribution in [0, 0.1) is 13.8 Å². The summed E-state index contributed by atoms with van der Waals surface area (Å²) in [7, 11) is 0. The largest absolute Gasteiger partial charge is 0.348 e. The zero-order chi connectivity index (χ0) is 14.9. The van der Waals surface area contributed by atoms with Crippen molar-refractivity contribution in [1.82, 2.24) is 19.7 Å². The van der Waals surface area contributed by atoms with Crippen molar-refractivity contribution in [3.63, 3.8) is 0 Å². The molecule has 0 aliphatic carbocycles. The quantitative estimate of drug-likeness (QED) is 0.933. The summed E-state index contributed by atoms with van der Waals surface area (Å²) in [6.07, 6.45) is 5.72. The molecule has 2 rings (SSSR count). The Morgan fingerprint density at radius 3 is 2.25 bits per heavy atom. The molecule has 20 heavy (non-hydrogen) atoms. The maximum Gasteiger partial charge on any atom is 0.223 e. The minimum absolute atomic E-state index is 0.0108. The Morgan fingerprint density at radius 2 is 1.75 bits per heavy atom. The molecule has 0 saturated heterocycles. The van der Waals surface area contributed by atoms with Crippen molar-refractivity contribution in [2.24, 2.45) is 0 Å². The molecule has 2 aromatic rings. The molecule has 1 atom stereocenters. The normalized spacial score (nSPS) is 13.3. The second-order valence-electron chi connectivity index (χ2n) is 6.24. The van der Waals surface area contributed by atoms with Gasteiger partial charge in [0, 0.05) is 24.2 Å². The average molecular weight is 273 g/mol. The Balaban J connectivity index is 2.19. The van der Waals surface area contributed by atoms with E-state index in [2.05, 4.69) is 54.3 Å². The lowest BCUT2D eigenvalue weighted by molar-refractivity contribution is 0.354. The van der Waals surface area contributed by atoms with Gasteiger partial charge in [-0.1, -0.05) is 0 Å². The van der Waals surface area contributed by atoms with E-state index in [-0.39, 0.29) is 11.6 Å². The topological polar surface area (TPSA) is 55.6 Å². The highest BCUT2D eigenvalue weighted by Crippen LogP contribution is 2.23. The van der Waals surface area contributed by atoms with Crippen molar-refractivity contribution >= 4 is 5.95 Å². The first-order valence-corrected chi connectivity index (χ1v) is 6.89. The molecule has 0 spiro atoms. The summed E-state index contributed by atoms with van der Waals surface area (Å²) in [4.78, 5) is 8.56. The highest BCUT2D eigenvalue weighted by atomic mass is 15.3. The maximum absolute atomic E-state index is 4.59. The van der Waals surface area contributed by atoms with Crippen LogP contribution < -0.4 is 5.32 Å². The van der Waals surface area contributed by atoms with Gasteiger partial charge in [0.2, 0.25) is 5.95 Å². The number of anilines is 1. The van der Waals surface area contributed by atoms with Gasteiger partial charge in [-0.25, -0.2) is 9.97 Å². The fraction of sp³-hybridized carbons (Fsp3) is 0.533. The summed E-state index contributed by atoms with van der Waals surface area (Å²) in [6, 6.07) is 0.119. The highest BCUT2D eigenvalue weighted by Gasteiger charge is 2.19. The van der Waals surface area contributed by atoms with Crippen LogP contribution in [0.5, 0.6) is 0 Å². The number of nitrogens with one attached hydrogen (secondary N) is 1. The Kier molecular flexibility index (Phi) is 3.79. The van der Waals surface area contributed by atoms with Crippen LogP contribution in [-0.4, -0.2) is 19.7 Å². The van der Waals surface area contributed by atoms with Crippen molar-refractivity contribution in [2.75, 3.05) is 5.32 Å². The third-order valence-corrected chi connectivity index (χ3v) is 3.22. The molecule has 0 saturated carbocycles. The first-order chi connectivity index (χ1) is 9.27. The summed E-state index contributed by atoms with van der Waals surface area (Å²) in [6.45, 7) is 12.5. The van der Waals surface area contributed by atoms with E-state index < -0.39 is 0 Å². The minimum atomic E-state index is -0.0108. The van der Waals surface area contributed by atoms with Crippen LogP contribution in [0.3, 0.4) is 0 Å². The summed E-state index contributed by atoms with van der Waals surface area (Å²) >= 11 is 0. The van der Waals surface area contributed by atoms with Crippen molar-refractivity contribution < 1.29 is 0 Å². The monoisotopic (exact) mass is 273 g/mol. The van der Waals surface area contributed by atoms with Crippen LogP contribution in [-0.2, 0) is 5.54 Å². The second kappa shape index (κ2) is 5.23. The third-order valence-electron chi connectivity index (χ3n) is 3.22. The van der Waals surface area contributed by atoms with Crippen LogP contribution in [0.25, 0.3) is 0 Å². The lowest BCUT2D eigenvalue weighted by Gasteiger charge is -2.19. The van der Waals surface area contributed by atoms with Crippen molar-refractivity contribution in [1.29, 1.82) is 0 Å². The van der Waals surface area contributed by atoms with E-state index in [4.69, 9.17) is 0 Å². The fourth-order valence-electron chi connectivity index (χ4n) is 1.98. The van der Waals surface area contributed by atoms with Crippen molar-refractivity contribution in [3.8, 4) is 0 Å². The molecule has 0 radical (unpaired) electrons. The van der Waals surface area contributed by atoms with E-state index >= 15 is 0 Å². The zero-order valence-corrected chi connectivity index (χ0v) is 13.1. The van der Waals surface area contributed by atoms with Gasteiger partial charge in [-0.3, -0.25) is 4.68 Å². The first kappa shape index (κ1) is 14.5. The maximum atomic E-state index is 4.59. The van der Waals surface area contributed by atoms with Crippen LogP contribution in [0.4, 0.5) is 5.95 Å². The summed E-state index contributed by atoms with van der Waals surface area (Å²) in [5.41, 5.74) is 3.25. The van der Waals surface area contributed by atoms with Gasteiger partial charge in [0.1, 0.15) is 0 Å². The van der Waals surface area contributed by atoms with Gasteiger partial charge in [0.25, 0.3) is 0 Å². The molecule has 0 aliphatic rings. The lowest BCUT2D eigenvalue weighted by Crippen LogP contribution is -2.22. The van der Waals surface area contributed by atoms with Crippen LogP contribution in [0.15, 0.2) is 18.6 Å². The molecule has 5 heteroatoms. The average Bonchev–Trinajstić information content (AvgIpc) is 2.74. The van der Waals surface area contributed by atoms with Crippen molar-refractivity contribution in [3.05, 3.63) is 35.4 Å². The number of hydrogen-bond donors (Lipinski definition) is 1. The Morgan fingerprint density at radius 1 is 1.15 bits per heavy atom. The molecule has 1 unspecified atom stereocenters. The van der Waals surface area contributed by atoms with E-state index in [1.54, 1.807) is 0 Å². The van der Waals surface area contributed by atoms with Gasteiger partial charge in [-0.05, 0) is 47.1 Å². The van der Waals surface area contributed by atoms with E-state index in [1.807, 2.05) is 30.9 Å². The number of aromatic nitrogens is 4. The molecule has 5 nitrogen and oxygen atoms in total. The Hall–Kier alpha value is -1.91. The van der Waals surface area contributed by atoms with E-state index in [1.165, 1.54) is 5.56 Å². The van der Waals surface area contributed by atoms with Gasteiger partial charge < -0.3 is 5.32 Å². The van der Waals surface area contributed by atoms with Gasteiger partial charge in [0.05, 0.1) is 17.3 Å². The predicted octanol–water partition coefficient (Wildman–Crippen LogP) is 3.22. The van der Waals surface area contributed by atoms with E-state index in [0.29, 0.717) is 5.95 Å². The molecule has 2 heterocycles. The smallest absolute Gasteiger partial charge is 0.223 e. The van der Waals surface area contributed by atoms with Gasteiger partial charge in [-0.15, -0.1) is 0 Å². The number of nitrogens with zero attached hydrogens (tertiary/aromatic N) is 4. The van der Waals surface area contributed by atoms with E-state index in [9.17, 15) is 0 Å². The van der Waals surface area contributed by atoms with Crippen LogP contribution >= 0.6 is 0 Å². The van der Waals surface area contributed by atoms with Gasteiger partial charge in [-0.2, -0.15) is 5.10 Å². The predicted molar refractivity (Wildman–Crippen MR) is 80.8 cm³/mol. The van der Waals surface area contributed by atoms with Gasteiger partial charge in [0.15, 0.2) is 0 Å². The molecular weight excluding hydrogens is 250 g/mol. The lowest BCUT2D eigenvalue weighted by atomic mass is 10.1. The molecule has 0 amide bonds. The first-order valence-electron chi connectivity index (χ1n) is 6.89. The minimum Gasteiger partial charge on any atom is -0.348 e. The summed E-state index contributed by atoms with van der Waals surface area (Å²) in [5, 5.41) is 7.91. The number of hydrogen-bond acceptors (Lipinski definition) is 4. The van der Waals surface area contributed by atoms with E-state index in [0.717, 1.165) is 11.3 Å². The molecule has 0 bridgehead atoms. The van der Waals surface area contributed by atoms with Crippen LogP contribution in [0.2, 0.25) is 0 Å². The molecule has 0 fully saturated rings. The summed E-state index contributed by atoms with van der Waals surface area (Å²) in [5.74, 6) is 0.644. The highest BCUT2D eigenvalue weighted by molar-refractivity contribution is 5.32. The fourth-order valence-corrected chi connectivity index (χ4v) is 1.98. The molecule has 108 valence electrons. The number of rotatable bonds is 3. The standard InChI is InChI=1S/C15H23N5/c1-10-7-16-14(17-8-10)18-11(2)13-9-20(15(4,5)6)19-12(13)3/h7-9,11H,1-6H3,(H,16,17,18). The number of aryl methyl sites for hydroxylation is 2. The second-order valence-corrected chi connectivity index (χ2v) is 6.24. The summed E-state index contributed by atoms with van der Waals surface area (Å²) < 4.78 is 2.01. The Bertz CT molecular complexity index is 577. The van der Waals surface area contributed by atoms with Crippen molar-refractivity contribution in [2.45, 2.75) is 53.1 Å². The zero-order valence-electron chi connectivity index (χ0n) is 13.1. The van der Waals surface area contributed by atoms with Crippen LogP contribution in [0.1, 0.15) is 50.6 Å². The SMILES string of the molecule is Cc1cnc(NC(C)c2cn(C(C)(C)C)nc2C)nc1.